The van der Waals surface area contributed by atoms with Crippen molar-refractivity contribution in [1.29, 1.82) is 0 Å². The van der Waals surface area contributed by atoms with Crippen molar-refractivity contribution in [3.8, 4) is 5.75 Å². The zero-order valence-corrected chi connectivity index (χ0v) is 13.1. The third-order valence-corrected chi connectivity index (χ3v) is 2.95. The molecule has 0 radical (unpaired) electrons. The number of benzene rings is 2. The Labute approximate surface area is 139 Å². The summed E-state index contributed by atoms with van der Waals surface area (Å²) in [5.74, 6) is -1.09. The van der Waals surface area contributed by atoms with Gasteiger partial charge in [-0.2, -0.15) is 5.10 Å². The minimum absolute atomic E-state index is 0.461. The SMILES string of the molecule is COc1cccc(NC(=O)C(=O)NN=CC=Cc2ccccc2)c1. The van der Waals surface area contributed by atoms with Crippen LogP contribution in [0.15, 0.2) is 65.8 Å². The average Bonchev–Trinajstić information content (AvgIpc) is 2.62. The number of anilines is 1. The van der Waals surface area contributed by atoms with Crippen LogP contribution < -0.4 is 15.5 Å². The number of hydrogen-bond donors (Lipinski definition) is 2. The molecular formula is C18H17N3O3. The summed E-state index contributed by atoms with van der Waals surface area (Å²) in [5, 5.41) is 6.15. The van der Waals surface area contributed by atoms with E-state index >= 15 is 0 Å². The summed E-state index contributed by atoms with van der Waals surface area (Å²) in [6.07, 6.45) is 4.88. The van der Waals surface area contributed by atoms with Gasteiger partial charge in [0.15, 0.2) is 0 Å². The molecule has 0 unspecified atom stereocenters. The topological polar surface area (TPSA) is 79.8 Å². The monoisotopic (exact) mass is 323 g/mol. The Morgan fingerprint density at radius 1 is 1.04 bits per heavy atom. The number of allylic oxidation sites excluding steroid dienone is 1. The van der Waals surface area contributed by atoms with Gasteiger partial charge < -0.3 is 10.1 Å². The number of amides is 2. The molecule has 0 saturated heterocycles. The molecule has 6 nitrogen and oxygen atoms in total. The number of nitrogens with zero attached hydrogens (tertiary/aromatic N) is 1. The van der Waals surface area contributed by atoms with Crippen molar-refractivity contribution in [2.75, 3.05) is 12.4 Å². The van der Waals surface area contributed by atoms with Gasteiger partial charge in [0.2, 0.25) is 0 Å². The Balaban J connectivity index is 1.82. The summed E-state index contributed by atoms with van der Waals surface area (Å²) in [6.45, 7) is 0. The van der Waals surface area contributed by atoms with Gasteiger partial charge >= 0.3 is 11.8 Å². The van der Waals surface area contributed by atoms with Gasteiger partial charge in [-0.3, -0.25) is 9.59 Å². The molecule has 6 heteroatoms. The lowest BCUT2D eigenvalue weighted by Gasteiger charge is -2.05. The highest BCUT2D eigenvalue weighted by atomic mass is 16.5. The molecule has 2 aromatic rings. The van der Waals surface area contributed by atoms with Crippen LogP contribution >= 0.6 is 0 Å². The quantitative estimate of drug-likeness (QED) is 0.504. The number of carbonyl (C=O) groups is 2. The lowest BCUT2D eigenvalue weighted by Crippen LogP contribution is -2.32. The van der Waals surface area contributed by atoms with Gasteiger partial charge in [0.25, 0.3) is 0 Å². The summed E-state index contributed by atoms with van der Waals surface area (Å²) < 4.78 is 5.04. The first kappa shape index (κ1) is 17.0. The molecule has 24 heavy (non-hydrogen) atoms. The van der Waals surface area contributed by atoms with Crippen LogP contribution in [-0.2, 0) is 9.59 Å². The van der Waals surface area contributed by atoms with Gasteiger partial charge in [0.05, 0.1) is 7.11 Å². The fourth-order valence-corrected chi connectivity index (χ4v) is 1.80. The van der Waals surface area contributed by atoms with Gasteiger partial charge in [0.1, 0.15) is 5.75 Å². The standard InChI is InChI=1S/C18H17N3O3/c1-24-16-11-5-10-15(13-16)20-17(22)18(23)21-19-12-6-9-14-7-3-2-4-8-14/h2-13H,1H3,(H,20,22)(H,21,23). The Morgan fingerprint density at radius 3 is 2.58 bits per heavy atom. The smallest absolute Gasteiger partial charge is 0.329 e. The first-order valence-corrected chi connectivity index (χ1v) is 7.19. The lowest BCUT2D eigenvalue weighted by molar-refractivity contribution is -0.136. The number of carbonyl (C=O) groups excluding carboxylic acids is 2. The second-order valence-electron chi connectivity index (χ2n) is 4.67. The van der Waals surface area contributed by atoms with Crippen LogP contribution in [0.4, 0.5) is 5.69 Å². The van der Waals surface area contributed by atoms with Crippen LogP contribution in [0.1, 0.15) is 5.56 Å². The molecule has 0 atom stereocenters. The number of rotatable bonds is 5. The zero-order chi connectivity index (χ0) is 17.2. The maximum Gasteiger partial charge on any atom is 0.329 e. The van der Waals surface area contributed by atoms with Gasteiger partial charge in [0, 0.05) is 18.0 Å². The van der Waals surface area contributed by atoms with E-state index in [0.717, 1.165) is 5.56 Å². The molecule has 0 aliphatic rings. The summed E-state index contributed by atoms with van der Waals surface area (Å²) in [5.41, 5.74) is 3.62. The van der Waals surface area contributed by atoms with E-state index in [0.29, 0.717) is 11.4 Å². The van der Waals surface area contributed by atoms with Crippen LogP contribution in [0.25, 0.3) is 6.08 Å². The van der Waals surface area contributed by atoms with E-state index in [-0.39, 0.29) is 0 Å². The molecule has 0 saturated carbocycles. The Kier molecular flexibility index (Phi) is 6.28. The summed E-state index contributed by atoms with van der Waals surface area (Å²) in [7, 11) is 1.52. The molecule has 0 spiro atoms. The van der Waals surface area contributed by atoms with Crippen molar-refractivity contribution in [3.05, 3.63) is 66.2 Å². The maximum absolute atomic E-state index is 11.7. The van der Waals surface area contributed by atoms with Crippen LogP contribution in [-0.4, -0.2) is 25.1 Å². The number of hydrogen-bond acceptors (Lipinski definition) is 4. The molecule has 2 amide bonds. The second kappa shape index (κ2) is 8.89. The number of nitrogens with one attached hydrogen (secondary N) is 2. The predicted octanol–water partition coefficient (Wildman–Crippen LogP) is 2.45. The van der Waals surface area contributed by atoms with E-state index in [1.54, 1.807) is 30.3 Å². The predicted molar refractivity (Wildman–Crippen MR) is 93.7 cm³/mol. The van der Waals surface area contributed by atoms with Crippen LogP contribution in [0.5, 0.6) is 5.75 Å². The fourth-order valence-electron chi connectivity index (χ4n) is 1.80. The third kappa shape index (κ3) is 5.42. The molecule has 0 fully saturated rings. The van der Waals surface area contributed by atoms with E-state index in [9.17, 15) is 9.59 Å². The number of ether oxygens (including phenoxy) is 1. The highest BCUT2D eigenvalue weighted by molar-refractivity contribution is 6.39. The average molecular weight is 323 g/mol. The van der Waals surface area contributed by atoms with E-state index in [1.807, 2.05) is 36.4 Å². The first-order valence-electron chi connectivity index (χ1n) is 7.19. The van der Waals surface area contributed by atoms with Crippen LogP contribution in [0.2, 0.25) is 0 Å². The molecule has 0 aromatic heterocycles. The largest absolute Gasteiger partial charge is 0.497 e. The minimum Gasteiger partial charge on any atom is -0.497 e. The second-order valence-corrected chi connectivity index (χ2v) is 4.67. The fraction of sp³-hybridized carbons (Fsp3) is 0.0556. The minimum atomic E-state index is -0.859. The van der Waals surface area contributed by atoms with Gasteiger partial charge in [-0.05, 0) is 23.8 Å². The molecule has 0 aliphatic heterocycles. The molecule has 0 heterocycles. The van der Waals surface area contributed by atoms with E-state index < -0.39 is 11.8 Å². The maximum atomic E-state index is 11.7. The third-order valence-electron chi connectivity index (χ3n) is 2.95. The Bertz CT molecular complexity index is 755. The first-order chi connectivity index (χ1) is 11.7. The number of methoxy groups -OCH3 is 1. The molecular weight excluding hydrogens is 306 g/mol. The van der Waals surface area contributed by atoms with Crippen LogP contribution in [0.3, 0.4) is 0 Å². The van der Waals surface area contributed by atoms with E-state index in [1.165, 1.54) is 13.3 Å². The highest BCUT2D eigenvalue weighted by Crippen LogP contribution is 2.16. The Hall–Kier alpha value is -3.41. The van der Waals surface area contributed by atoms with Crippen molar-refractivity contribution in [2.45, 2.75) is 0 Å². The van der Waals surface area contributed by atoms with E-state index in [2.05, 4.69) is 15.8 Å². The normalized spacial score (nSPS) is 10.7. The van der Waals surface area contributed by atoms with Crippen LogP contribution in [0, 0.1) is 0 Å². The van der Waals surface area contributed by atoms with Crippen molar-refractivity contribution in [3.63, 3.8) is 0 Å². The van der Waals surface area contributed by atoms with Crippen molar-refractivity contribution in [1.82, 2.24) is 5.43 Å². The van der Waals surface area contributed by atoms with Crippen molar-refractivity contribution < 1.29 is 14.3 Å². The van der Waals surface area contributed by atoms with Gasteiger partial charge in [-0.1, -0.05) is 42.5 Å². The Morgan fingerprint density at radius 2 is 1.83 bits per heavy atom. The van der Waals surface area contributed by atoms with Gasteiger partial charge in [-0.15, -0.1) is 0 Å². The molecule has 2 aromatic carbocycles. The molecule has 2 N–H and O–H groups in total. The zero-order valence-electron chi connectivity index (χ0n) is 13.1. The van der Waals surface area contributed by atoms with Gasteiger partial charge in [-0.25, -0.2) is 5.43 Å². The van der Waals surface area contributed by atoms with E-state index in [4.69, 9.17) is 4.74 Å². The molecule has 2 rings (SSSR count). The summed E-state index contributed by atoms with van der Waals surface area (Å²) in [6, 6.07) is 16.3. The summed E-state index contributed by atoms with van der Waals surface area (Å²) >= 11 is 0. The van der Waals surface area contributed by atoms with Crippen molar-refractivity contribution >= 4 is 29.8 Å². The highest BCUT2D eigenvalue weighted by Gasteiger charge is 2.12. The lowest BCUT2D eigenvalue weighted by atomic mass is 10.2. The molecule has 0 aliphatic carbocycles. The summed E-state index contributed by atoms with van der Waals surface area (Å²) in [4.78, 5) is 23.4. The number of hydrazone groups is 1. The van der Waals surface area contributed by atoms with Crippen molar-refractivity contribution in [2.24, 2.45) is 5.10 Å². The molecule has 0 bridgehead atoms. The molecule has 122 valence electrons.